The van der Waals surface area contributed by atoms with E-state index in [0.717, 1.165) is 37.5 Å². The summed E-state index contributed by atoms with van der Waals surface area (Å²) in [5.74, 6) is 1.51. The molecule has 0 unspecified atom stereocenters. The van der Waals surface area contributed by atoms with Gasteiger partial charge in [0.25, 0.3) is 0 Å². The van der Waals surface area contributed by atoms with E-state index in [2.05, 4.69) is 0 Å². The summed E-state index contributed by atoms with van der Waals surface area (Å²) < 4.78 is 0. The molecule has 2 rings (SSSR count). The third-order valence-corrected chi connectivity index (χ3v) is 3.03. The van der Waals surface area contributed by atoms with Gasteiger partial charge < -0.3 is 10.8 Å². The summed E-state index contributed by atoms with van der Waals surface area (Å²) in [6, 6.07) is 0.433. The number of aliphatic hydroxyl groups excluding tert-OH is 1. The number of aliphatic hydroxyl groups is 1. The molecule has 0 aliphatic heterocycles. The fraction of sp³-hybridized carbons (Fsp3) is 1.00. The van der Waals surface area contributed by atoms with Crippen molar-refractivity contribution in [1.29, 1.82) is 0 Å². The van der Waals surface area contributed by atoms with E-state index < -0.39 is 0 Å². The number of hydrogen-bond acceptors (Lipinski definition) is 2. The number of nitrogens with two attached hydrogens (primary N) is 1. The first-order valence-electron chi connectivity index (χ1n) is 4.19. The van der Waals surface area contributed by atoms with E-state index >= 15 is 0 Å². The van der Waals surface area contributed by atoms with Crippen molar-refractivity contribution < 1.29 is 5.11 Å². The Morgan fingerprint density at radius 1 is 1.00 bits per heavy atom. The molecule has 2 fully saturated rings. The third-order valence-electron chi connectivity index (χ3n) is 3.03. The van der Waals surface area contributed by atoms with Crippen LogP contribution in [0.25, 0.3) is 0 Å². The molecule has 0 saturated heterocycles. The Kier molecular flexibility index (Phi) is 1.46. The predicted molar refractivity (Wildman–Crippen MR) is 39.4 cm³/mol. The summed E-state index contributed by atoms with van der Waals surface area (Å²) in [6.07, 6.45) is 4.32. The zero-order valence-corrected chi connectivity index (χ0v) is 6.16. The zero-order valence-electron chi connectivity index (χ0n) is 6.16. The van der Waals surface area contributed by atoms with Gasteiger partial charge in [-0.1, -0.05) is 0 Å². The van der Waals surface area contributed by atoms with Gasteiger partial charge in [-0.2, -0.15) is 0 Å². The average Bonchev–Trinajstić information content (AvgIpc) is 2.21. The van der Waals surface area contributed by atoms with E-state index in [1.165, 1.54) is 0 Å². The van der Waals surface area contributed by atoms with Gasteiger partial charge in [0, 0.05) is 6.04 Å². The highest BCUT2D eigenvalue weighted by Gasteiger charge is 2.39. The highest BCUT2D eigenvalue weighted by atomic mass is 16.3. The van der Waals surface area contributed by atoms with Gasteiger partial charge >= 0.3 is 0 Å². The Hall–Kier alpha value is -0.0800. The maximum Gasteiger partial charge on any atom is 0.0545 e. The molecule has 4 atom stereocenters. The summed E-state index contributed by atoms with van der Waals surface area (Å²) >= 11 is 0. The van der Waals surface area contributed by atoms with Gasteiger partial charge in [0.15, 0.2) is 0 Å². The van der Waals surface area contributed by atoms with Crippen molar-refractivity contribution in [3.8, 4) is 0 Å². The van der Waals surface area contributed by atoms with Gasteiger partial charge in [-0.15, -0.1) is 0 Å². The second-order valence-electron chi connectivity index (χ2n) is 3.88. The summed E-state index contributed by atoms with van der Waals surface area (Å²) in [6.45, 7) is 0. The highest BCUT2D eigenvalue weighted by Crippen LogP contribution is 2.43. The highest BCUT2D eigenvalue weighted by molar-refractivity contribution is 4.92. The van der Waals surface area contributed by atoms with Crippen LogP contribution in [0.5, 0.6) is 0 Å². The van der Waals surface area contributed by atoms with Crippen LogP contribution in [0.3, 0.4) is 0 Å². The van der Waals surface area contributed by atoms with E-state index in [1.807, 2.05) is 0 Å². The SMILES string of the molecule is N[C@H]1C[C@@H]2C[C@@H](O)C[C@@H]2C1. The minimum Gasteiger partial charge on any atom is -0.393 e. The Balaban J connectivity index is 2.00. The van der Waals surface area contributed by atoms with Crippen LogP contribution in [0.1, 0.15) is 25.7 Å². The fourth-order valence-corrected chi connectivity index (χ4v) is 2.63. The lowest BCUT2D eigenvalue weighted by atomic mass is 10.0. The van der Waals surface area contributed by atoms with Crippen LogP contribution in [0.15, 0.2) is 0 Å². The van der Waals surface area contributed by atoms with Gasteiger partial charge in [-0.25, -0.2) is 0 Å². The van der Waals surface area contributed by atoms with Gasteiger partial charge in [-0.3, -0.25) is 0 Å². The molecule has 0 heterocycles. The number of hydrogen-bond donors (Lipinski definition) is 2. The summed E-state index contributed by atoms with van der Waals surface area (Å²) in [4.78, 5) is 0. The lowest BCUT2D eigenvalue weighted by Gasteiger charge is -2.04. The first kappa shape index (κ1) is 6.62. The van der Waals surface area contributed by atoms with Crippen LogP contribution in [-0.2, 0) is 0 Å². The van der Waals surface area contributed by atoms with Crippen LogP contribution in [-0.4, -0.2) is 17.3 Å². The molecule has 2 aliphatic carbocycles. The van der Waals surface area contributed by atoms with Crippen molar-refractivity contribution in [3.63, 3.8) is 0 Å². The topological polar surface area (TPSA) is 46.2 Å². The molecule has 0 aromatic heterocycles. The molecule has 2 nitrogen and oxygen atoms in total. The quantitative estimate of drug-likeness (QED) is 0.516. The molecule has 0 radical (unpaired) electrons. The van der Waals surface area contributed by atoms with Crippen molar-refractivity contribution in [2.45, 2.75) is 37.8 Å². The summed E-state index contributed by atoms with van der Waals surface area (Å²) in [5, 5.41) is 9.28. The zero-order chi connectivity index (χ0) is 7.14. The van der Waals surface area contributed by atoms with E-state index in [-0.39, 0.29) is 6.10 Å². The minimum absolute atomic E-state index is 0.0116. The van der Waals surface area contributed by atoms with Crippen molar-refractivity contribution >= 4 is 0 Å². The van der Waals surface area contributed by atoms with E-state index in [0.29, 0.717) is 6.04 Å². The Labute approximate surface area is 61.4 Å². The Bertz CT molecular complexity index is 109. The monoisotopic (exact) mass is 141 g/mol. The van der Waals surface area contributed by atoms with Gasteiger partial charge in [0.2, 0.25) is 0 Å². The molecule has 3 N–H and O–H groups in total. The minimum atomic E-state index is -0.0116. The second-order valence-corrected chi connectivity index (χ2v) is 3.88. The molecule has 2 aliphatic rings. The van der Waals surface area contributed by atoms with Crippen LogP contribution in [0, 0.1) is 11.8 Å². The molecule has 2 saturated carbocycles. The van der Waals surface area contributed by atoms with Gasteiger partial charge in [0.05, 0.1) is 6.10 Å². The van der Waals surface area contributed by atoms with Gasteiger partial charge in [-0.05, 0) is 37.5 Å². The first-order valence-corrected chi connectivity index (χ1v) is 4.19. The molecule has 0 bridgehead atoms. The standard InChI is InChI=1S/C8H15NO/c9-7-1-5-3-8(10)4-6(5)2-7/h5-8,10H,1-4,9H2/t5-,6+,7+,8-. The largest absolute Gasteiger partial charge is 0.393 e. The molecule has 0 spiro atoms. The number of rotatable bonds is 0. The molecule has 0 amide bonds. The van der Waals surface area contributed by atoms with E-state index in [9.17, 15) is 5.11 Å². The van der Waals surface area contributed by atoms with Crippen molar-refractivity contribution in [1.82, 2.24) is 0 Å². The summed E-state index contributed by atoms with van der Waals surface area (Å²) in [5.41, 5.74) is 5.79. The molecular weight excluding hydrogens is 126 g/mol. The predicted octanol–water partition coefficient (Wildman–Crippen LogP) is 0.495. The Morgan fingerprint density at radius 2 is 1.50 bits per heavy atom. The molecule has 58 valence electrons. The third kappa shape index (κ3) is 0.956. The molecule has 0 aromatic carbocycles. The average molecular weight is 141 g/mol. The lowest BCUT2D eigenvalue weighted by Crippen LogP contribution is -2.17. The molecule has 10 heavy (non-hydrogen) atoms. The summed E-state index contributed by atoms with van der Waals surface area (Å²) in [7, 11) is 0. The molecular formula is C8H15NO. The van der Waals surface area contributed by atoms with Crippen LogP contribution in [0.4, 0.5) is 0 Å². The second kappa shape index (κ2) is 2.21. The lowest BCUT2D eigenvalue weighted by molar-refractivity contribution is 0.171. The van der Waals surface area contributed by atoms with E-state index in [1.54, 1.807) is 0 Å². The maximum atomic E-state index is 9.28. The van der Waals surface area contributed by atoms with Crippen molar-refractivity contribution in [2.24, 2.45) is 17.6 Å². The number of fused-ring (bicyclic) bond motifs is 1. The fourth-order valence-electron chi connectivity index (χ4n) is 2.63. The molecule has 0 aromatic rings. The van der Waals surface area contributed by atoms with Crippen LogP contribution < -0.4 is 5.73 Å². The van der Waals surface area contributed by atoms with Crippen LogP contribution in [0.2, 0.25) is 0 Å². The maximum absolute atomic E-state index is 9.28. The van der Waals surface area contributed by atoms with Gasteiger partial charge in [0.1, 0.15) is 0 Å². The van der Waals surface area contributed by atoms with Crippen LogP contribution >= 0.6 is 0 Å². The normalized spacial score (nSPS) is 53.4. The molecule has 2 heteroatoms. The first-order chi connectivity index (χ1) is 4.75. The van der Waals surface area contributed by atoms with E-state index in [4.69, 9.17) is 5.73 Å². The van der Waals surface area contributed by atoms with Crippen molar-refractivity contribution in [3.05, 3.63) is 0 Å². The Morgan fingerprint density at radius 3 is 2.00 bits per heavy atom. The van der Waals surface area contributed by atoms with Crippen molar-refractivity contribution in [2.75, 3.05) is 0 Å². The smallest absolute Gasteiger partial charge is 0.0545 e.